The first-order valence-corrected chi connectivity index (χ1v) is 5.36. The summed E-state index contributed by atoms with van der Waals surface area (Å²) in [7, 11) is 0. The molecule has 1 atom stereocenters. The third-order valence-electron chi connectivity index (χ3n) is 2.24. The van der Waals surface area contributed by atoms with Gasteiger partial charge in [-0.3, -0.25) is 9.59 Å². The predicted octanol–water partition coefficient (Wildman–Crippen LogP) is 2.84. The van der Waals surface area contributed by atoms with Gasteiger partial charge in [-0.25, -0.2) is 0 Å². The summed E-state index contributed by atoms with van der Waals surface area (Å²) in [4.78, 5) is 21.5. The Morgan fingerprint density at radius 3 is 2.67 bits per heavy atom. The lowest BCUT2D eigenvalue weighted by Gasteiger charge is -2.12. The summed E-state index contributed by atoms with van der Waals surface area (Å²) in [6.45, 7) is 1.82. The summed E-state index contributed by atoms with van der Waals surface area (Å²) in [5, 5.41) is 8.99. The van der Waals surface area contributed by atoms with E-state index in [0.29, 0.717) is 22.0 Å². The van der Waals surface area contributed by atoms with E-state index in [-0.39, 0.29) is 0 Å². The van der Waals surface area contributed by atoms with Crippen molar-refractivity contribution < 1.29 is 14.7 Å². The first kappa shape index (κ1) is 11.9. The number of benzene rings is 1. The Labute approximate surface area is 96.2 Å². The zero-order valence-corrected chi connectivity index (χ0v) is 9.82. The number of carboxylic acids is 1. The minimum Gasteiger partial charge on any atom is -0.481 e. The Balaban J connectivity index is 3.14. The van der Waals surface area contributed by atoms with E-state index < -0.39 is 11.9 Å². The van der Waals surface area contributed by atoms with Crippen molar-refractivity contribution in [2.45, 2.75) is 19.3 Å². The van der Waals surface area contributed by atoms with E-state index in [1.165, 1.54) is 0 Å². The first-order chi connectivity index (χ1) is 7.10. The molecule has 0 aliphatic carbocycles. The van der Waals surface area contributed by atoms with Crippen molar-refractivity contribution in [3.05, 3.63) is 33.8 Å². The van der Waals surface area contributed by atoms with Crippen molar-refractivity contribution >= 4 is 28.2 Å². The fraction of sp³-hybridized carbons (Fsp3) is 0.273. The Kier molecular flexibility index (Phi) is 4.03. The molecule has 4 heteroatoms. The number of rotatable bonds is 4. The van der Waals surface area contributed by atoms with Crippen LogP contribution < -0.4 is 0 Å². The lowest BCUT2D eigenvalue weighted by molar-refractivity contribution is -0.138. The monoisotopic (exact) mass is 270 g/mol. The third-order valence-corrected chi connectivity index (χ3v) is 2.93. The highest BCUT2D eigenvalue weighted by atomic mass is 79.9. The molecule has 0 saturated carbocycles. The zero-order chi connectivity index (χ0) is 11.4. The van der Waals surface area contributed by atoms with Gasteiger partial charge in [-0.15, -0.1) is 0 Å². The molecule has 1 rings (SSSR count). The Morgan fingerprint density at radius 1 is 1.60 bits per heavy atom. The normalized spacial score (nSPS) is 12.1. The molecule has 0 spiro atoms. The van der Waals surface area contributed by atoms with Gasteiger partial charge in [0.1, 0.15) is 6.29 Å². The van der Waals surface area contributed by atoms with Crippen molar-refractivity contribution in [1.82, 2.24) is 0 Å². The predicted molar refractivity (Wildman–Crippen MR) is 60.2 cm³/mol. The van der Waals surface area contributed by atoms with Crippen LogP contribution >= 0.6 is 15.9 Å². The van der Waals surface area contributed by atoms with Crippen LogP contribution in [0.25, 0.3) is 0 Å². The molecule has 0 aliphatic heterocycles. The Morgan fingerprint density at radius 2 is 2.27 bits per heavy atom. The molecule has 0 saturated heterocycles. The Hall–Kier alpha value is -1.16. The first-order valence-electron chi connectivity index (χ1n) is 4.57. The molecule has 1 N–H and O–H groups in total. The van der Waals surface area contributed by atoms with Crippen LogP contribution in [0.2, 0.25) is 0 Å². The maximum Gasteiger partial charge on any atom is 0.311 e. The van der Waals surface area contributed by atoms with Crippen LogP contribution in [0.4, 0.5) is 0 Å². The number of hydrogen-bond donors (Lipinski definition) is 1. The van der Waals surface area contributed by atoms with Gasteiger partial charge in [-0.2, -0.15) is 0 Å². The lowest BCUT2D eigenvalue weighted by Crippen LogP contribution is -2.11. The van der Waals surface area contributed by atoms with Crippen LogP contribution in [0.15, 0.2) is 22.7 Å². The van der Waals surface area contributed by atoms with Crippen LogP contribution in [-0.4, -0.2) is 17.4 Å². The zero-order valence-electron chi connectivity index (χ0n) is 8.24. The molecule has 0 fully saturated rings. The maximum atomic E-state index is 10.9. The highest BCUT2D eigenvalue weighted by Gasteiger charge is 2.19. The molecule has 1 unspecified atom stereocenters. The molecule has 0 amide bonds. The van der Waals surface area contributed by atoms with Crippen molar-refractivity contribution in [1.29, 1.82) is 0 Å². The molecule has 1 aromatic carbocycles. The number of hydrogen-bond acceptors (Lipinski definition) is 2. The number of aldehydes is 1. The smallest absolute Gasteiger partial charge is 0.311 e. The van der Waals surface area contributed by atoms with Gasteiger partial charge >= 0.3 is 5.97 Å². The molecule has 1 aromatic rings. The van der Waals surface area contributed by atoms with E-state index in [1.807, 2.05) is 6.92 Å². The quantitative estimate of drug-likeness (QED) is 0.856. The van der Waals surface area contributed by atoms with Crippen molar-refractivity contribution in [3.8, 4) is 0 Å². The van der Waals surface area contributed by atoms with E-state index >= 15 is 0 Å². The average molecular weight is 271 g/mol. The SMILES string of the molecule is CCC(C(=O)O)c1ccc(C=O)cc1Br. The van der Waals surface area contributed by atoms with Gasteiger partial charge in [0.25, 0.3) is 0 Å². The van der Waals surface area contributed by atoms with Gasteiger partial charge in [0.15, 0.2) is 0 Å². The maximum absolute atomic E-state index is 10.9. The summed E-state index contributed by atoms with van der Waals surface area (Å²) in [6.07, 6.45) is 1.25. The molecule has 80 valence electrons. The highest BCUT2D eigenvalue weighted by molar-refractivity contribution is 9.10. The standard InChI is InChI=1S/C11H11BrO3/c1-2-8(11(14)15)9-4-3-7(6-13)5-10(9)12/h3-6,8H,2H2,1H3,(H,14,15). The molecule has 0 radical (unpaired) electrons. The lowest BCUT2D eigenvalue weighted by atomic mass is 9.96. The highest BCUT2D eigenvalue weighted by Crippen LogP contribution is 2.28. The molecular formula is C11H11BrO3. The van der Waals surface area contributed by atoms with Crippen molar-refractivity contribution in [3.63, 3.8) is 0 Å². The van der Waals surface area contributed by atoms with Gasteiger partial charge in [0, 0.05) is 10.0 Å². The molecule has 3 nitrogen and oxygen atoms in total. The molecule has 0 aliphatic rings. The van der Waals surface area contributed by atoms with Gasteiger partial charge in [0.2, 0.25) is 0 Å². The average Bonchev–Trinajstić information content (AvgIpc) is 2.20. The summed E-state index contributed by atoms with van der Waals surface area (Å²) < 4.78 is 0.668. The second kappa shape index (κ2) is 5.07. The topological polar surface area (TPSA) is 54.4 Å². The number of carbonyl (C=O) groups is 2. The molecule has 0 bridgehead atoms. The summed E-state index contributed by atoms with van der Waals surface area (Å²) >= 11 is 3.28. The second-order valence-electron chi connectivity index (χ2n) is 3.20. The van der Waals surface area contributed by atoms with Crippen molar-refractivity contribution in [2.75, 3.05) is 0 Å². The fourth-order valence-electron chi connectivity index (χ4n) is 1.43. The van der Waals surface area contributed by atoms with Crippen LogP contribution in [0.5, 0.6) is 0 Å². The summed E-state index contributed by atoms with van der Waals surface area (Å²) in [6, 6.07) is 4.93. The van der Waals surface area contributed by atoms with Gasteiger partial charge < -0.3 is 5.11 Å². The molecule has 0 aromatic heterocycles. The van der Waals surface area contributed by atoms with Crippen LogP contribution in [0, 0.1) is 0 Å². The summed E-state index contributed by atoms with van der Waals surface area (Å²) in [5.41, 5.74) is 1.24. The number of carboxylic acid groups (broad SMARTS) is 1. The minimum atomic E-state index is -0.850. The van der Waals surface area contributed by atoms with Crippen LogP contribution in [0.1, 0.15) is 35.2 Å². The number of aliphatic carboxylic acids is 1. The molecular weight excluding hydrogens is 260 g/mol. The van der Waals surface area contributed by atoms with Gasteiger partial charge in [-0.05, 0) is 18.1 Å². The van der Waals surface area contributed by atoms with E-state index in [9.17, 15) is 9.59 Å². The summed E-state index contributed by atoms with van der Waals surface area (Å²) in [5.74, 6) is -1.38. The Bertz CT molecular complexity index is 387. The van der Waals surface area contributed by atoms with E-state index in [1.54, 1.807) is 18.2 Å². The van der Waals surface area contributed by atoms with Gasteiger partial charge in [0.05, 0.1) is 5.92 Å². The van der Waals surface area contributed by atoms with Crippen LogP contribution in [0.3, 0.4) is 0 Å². The van der Waals surface area contributed by atoms with E-state index in [2.05, 4.69) is 15.9 Å². The number of halogens is 1. The van der Waals surface area contributed by atoms with E-state index in [0.717, 1.165) is 6.29 Å². The third kappa shape index (κ3) is 2.65. The second-order valence-corrected chi connectivity index (χ2v) is 4.05. The van der Waals surface area contributed by atoms with Gasteiger partial charge in [-0.1, -0.05) is 35.0 Å². The van der Waals surface area contributed by atoms with E-state index in [4.69, 9.17) is 5.11 Å². The minimum absolute atomic E-state index is 0.522. The van der Waals surface area contributed by atoms with Crippen LogP contribution in [-0.2, 0) is 4.79 Å². The largest absolute Gasteiger partial charge is 0.481 e. The fourth-order valence-corrected chi connectivity index (χ4v) is 2.10. The van der Waals surface area contributed by atoms with Crippen molar-refractivity contribution in [2.24, 2.45) is 0 Å². The molecule has 0 heterocycles. The number of carbonyl (C=O) groups excluding carboxylic acids is 1. The molecule has 15 heavy (non-hydrogen) atoms.